The predicted octanol–water partition coefficient (Wildman–Crippen LogP) is 2.86. The summed E-state index contributed by atoms with van der Waals surface area (Å²) in [4.78, 5) is 7.88. The number of benzene rings is 1. The summed E-state index contributed by atoms with van der Waals surface area (Å²) in [5.41, 5.74) is 7.32. The molecule has 2 aromatic rings. The fourth-order valence-corrected chi connectivity index (χ4v) is 1.62. The van der Waals surface area contributed by atoms with E-state index in [2.05, 4.69) is 9.97 Å². The van der Waals surface area contributed by atoms with Gasteiger partial charge < -0.3 is 10.5 Å². The number of hydrogen-bond donors (Lipinski definition) is 1. The average molecular weight is 247 g/mol. The van der Waals surface area contributed by atoms with Crippen molar-refractivity contribution in [3.8, 4) is 11.6 Å². The van der Waals surface area contributed by atoms with Crippen LogP contribution in [0.2, 0.25) is 0 Å². The Morgan fingerprint density at radius 1 is 1.33 bits per heavy atom. The molecular weight excluding hydrogens is 233 g/mol. The molecule has 18 heavy (non-hydrogen) atoms. The molecule has 2 rings (SSSR count). The van der Waals surface area contributed by atoms with Gasteiger partial charge in [-0.1, -0.05) is 13.0 Å². The largest absolute Gasteiger partial charge is 0.435 e. The van der Waals surface area contributed by atoms with Crippen molar-refractivity contribution in [3.05, 3.63) is 41.5 Å². The monoisotopic (exact) mass is 247 g/mol. The third-order valence-corrected chi connectivity index (χ3v) is 2.59. The molecule has 0 fully saturated rings. The van der Waals surface area contributed by atoms with Crippen LogP contribution in [0.1, 0.15) is 18.1 Å². The molecule has 1 aromatic carbocycles. The molecule has 1 aromatic heterocycles. The van der Waals surface area contributed by atoms with Crippen molar-refractivity contribution in [1.82, 2.24) is 9.97 Å². The van der Waals surface area contributed by atoms with Gasteiger partial charge in [0, 0.05) is 0 Å². The number of nitrogens with zero attached hydrogens (tertiary/aromatic N) is 2. The number of ether oxygens (including phenoxy) is 1. The molecule has 0 saturated heterocycles. The molecule has 0 spiro atoms. The molecule has 0 radical (unpaired) electrons. The molecule has 0 amide bonds. The lowest BCUT2D eigenvalue weighted by Gasteiger charge is -2.10. The molecule has 0 atom stereocenters. The van der Waals surface area contributed by atoms with E-state index in [1.807, 2.05) is 13.8 Å². The molecule has 5 heteroatoms. The van der Waals surface area contributed by atoms with Gasteiger partial charge in [-0.15, -0.1) is 0 Å². The fraction of sp³-hybridized carbons (Fsp3) is 0.231. The van der Waals surface area contributed by atoms with E-state index in [0.29, 0.717) is 23.7 Å². The molecule has 0 aliphatic rings. The molecular formula is C13H14FN3O. The van der Waals surface area contributed by atoms with Crippen LogP contribution in [0.25, 0.3) is 0 Å². The minimum Gasteiger partial charge on any atom is -0.435 e. The lowest BCUT2D eigenvalue weighted by molar-refractivity contribution is 0.422. The molecule has 0 aliphatic heterocycles. The van der Waals surface area contributed by atoms with Crippen molar-refractivity contribution in [2.75, 3.05) is 5.73 Å². The Kier molecular flexibility index (Phi) is 3.41. The minimum atomic E-state index is -0.431. The normalized spacial score (nSPS) is 10.4. The van der Waals surface area contributed by atoms with Crippen molar-refractivity contribution in [1.29, 1.82) is 0 Å². The summed E-state index contributed by atoms with van der Waals surface area (Å²) < 4.78 is 19.1. The molecule has 1 heterocycles. The van der Waals surface area contributed by atoms with Crippen LogP contribution in [-0.4, -0.2) is 9.97 Å². The SMILES string of the molecule is CCc1c(N)ncnc1Oc1cc(C)ccc1F. The number of rotatable bonds is 3. The van der Waals surface area contributed by atoms with Crippen LogP contribution in [0, 0.1) is 12.7 Å². The molecule has 0 aliphatic carbocycles. The Hall–Kier alpha value is -2.17. The first-order valence-electron chi connectivity index (χ1n) is 5.65. The summed E-state index contributed by atoms with van der Waals surface area (Å²) in [6.07, 6.45) is 1.92. The highest BCUT2D eigenvalue weighted by atomic mass is 19.1. The Balaban J connectivity index is 2.40. The van der Waals surface area contributed by atoms with Gasteiger partial charge in [0.25, 0.3) is 0 Å². The smallest absolute Gasteiger partial charge is 0.227 e. The van der Waals surface area contributed by atoms with Gasteiger partial charge in [0.1, 0.15) is 12.1 Å². The van der Waals surface area contributed by atoms with Crippen LogP contribution in [0.5, 0.6) is 11.6 Å². The lowest BCUT2D eigenvalue weighted by atomic mass is 10.2. The first kappa shape index (κ1) is 12.3. The zero-order valence-electron chi connectivity index (χ0n) is 10.3. The molecule has 0 bridgehead atoms. The lowest BCUT2D eigenvalue weighted by Crippen LogP contribution is -2.02. The van der Waals surface area contributed by atoms with Gasteiger partial charge in [-0.25, -0.2) is 14.4 Å². The highest BCUT2D eigenvalue weighted by Crippen LogP contribution is 2.28. The van der Waals surface area contributed by atoms with Gasteiger partial charge in [0.2, 0.25) is 5.88 Å². The van der Waals surface area contributed by atoms with Gasteiger partial charge >= 0.3 is 0 Å². The summed E-state index contributed by atoms with van der Waals surface area (Å²) in [5.74, 6) is 0.368. The van der Waals surface area contributed by atoms with Crippen LogP contribution in [0.3, 0.4) is 0 Å². The summed E-state index contributed by atoms with van der Waals surface area (Å²) in [5, 5.41) is 0. The van der Waals surface area contributed by atoms with Gasteiger partial charge in [0.15, 0.2) is 11.6 Å². The number of nitrogen functional groups attached to an aromatic ring is 1. The third-order valence-electron chi connectivity index (χ3n) is 2.59. The molecule has 0 saturated carbocycles. The van der Waals surface area contributed by atoms with E-state index >= 15 is 0 Å². The second-order valence-electron chi connectivity index (χ2n) is 3.93. The number of halogens is 1. The average Bonchev–Trinajstić information content (AvgIpc) is 2.34. The second kappa shape index (κ2) is 5.00. The number of hydrogen-bond acceptors (Lipinski definition) is 4. The highest BCUT2D eigenvalue weighted by Gasteiger charge is 2.12. The number of aromatic nitrogens is 2. The van der Waals surface area contributed by atoms with Crippen LogP contribution in [0.4, 0.5) is 10.2 Å². The number of nitrogens with two attached hydrogens (primary N) is 1. The van der Waals surface area contributed by atoms with E-state index in [1.54, 1.807) is 12.1 Å². The van der Waals surface area contributed by atoms with Gasteiger partial charge in [-0.2, -0.15) is 0 Å². The van der Waals surface area contributed by atoms with Crippen molar-refractivity contribution in [2.45, 2.75) is 20.3 Å². The van der Waals surface area contributed by atoms with E-state index in [1.165, 1.54) is 12.4 Å². The Morgan fingerprint density at radius 2 is 2.11 bits per heavy atom. The van der Waals surface area contributed by atoms with Crippen molar-refractivity contribution < 1.29 is 9.13 Å². The van der Waals surface area contributed by atoms with Gasteiger partial charge in [-0.3, -0.25) is 0 Å². The minimum absolute atomic E-state index is 0.141. The third kappa shape index (κ3) is 2.40. The van der Waals surface area contributed by atoms with Crippen LogP contribution in [0.15, 0.2) is 24.5 Å². The zero-order chi connectivity index (χ0) is 13.1. The number of aryl methyl sites for hydroxylation is 1. The van der Waals surface area contributed by atoms with Crippen LogP contribution < -0.4 is 10.5 Å². The first-order valence-corrected chi connectivity index (χ1v) is 5.65. The summed E-state index contributed by atoms with van der Waals surface area (Å²) >= 11 is 0. The topological polar surface area (TPSA) is 61.0 Å². The van der Waals surface area contributed by atoms with Crippen molar-refractivity contribution in [3.63, 3.8) is 0 Å². The van der Waals surface area contributed by atoms with Crippen LogP contribution in [-0.2, 0) is 6.42 Å². The van der Waals surface area contributed by atoms with Crippen molar-refractivity contribution >= 4 is 5.82 Å². The fourth-order valence-electron chi connectivity index (χ4n) is 1.62. The van der Waals surface area contributed by atoms with Crippen molar-refractivity contribution in [2.24, 2.45) is 0 Å². The molecule has 94 valence electrons. The van der Waals surface area contributed by atoms with E-state index in [-0.39, 0.29) is 5.75 Å². The summed E-state index contributed by atoms with van der Waals surface area (Å²) in [6, 6.07) is 4.66. The quantitative estimate of drug-likeness (QED) is 0.905. The molecule has 4 nitrogen and oxygen atoms in total. The number of anilines is 1. The van der Waals surface area contributed by atoms with E-state index in [4.69, 9.17) is 10.5 Å². The maximum Gasteiger partial charge on any atom is 0.227 e. The summed E-state index contributed by atoms with van der Waals surface area (Å²) in [6.45, 7) is 3.77. The second-order valence-corrected chi connectivity index (χ2v) is 3.93. The highest BCUT2D eigenvalue weighted by molar-refractivity contribution is 5.46. The Labute approximate surface area is 105 Å². The van der Waals surface area contributed by atoms with E-state index in [9.17, 15) is 4.39 Å². The molecule has 0 unspecified atom stereocenters. The first-order chi connectivity index (χ1) is 8.61. The molecule has 2 N–H and O–H groups in total. The van der Waals surface area contributed by atoms with E-state index < -0.39 is 5.82 Å². The summed E-state index contributed by atoms with van der Waals surface area (Å²) in [7, 11) is 0. The maximum absolute atomic E-state index is 13.6. The standard InChI is InChI=1S/C13H14FN3O/c1-3-9-12(15)16-7-17-13(9)18-11-6-8(2)4-5-10(11)14/h4-7H,3H2,1-2H3,(H2,15,16,17). The van der Waals surface area contributed by atoms with Gasteiger partial charge in [-0.05, 0) is 31.0 Å². The van der Waals surface area contributed by atoms with E-state index in [0.717, 1.165) is 5.56 Å². The van der Waals surface area contributed by atoms with Crippen LogP contribution >= 0.6 is 0 Å². The predicted molar refractivity (Wildman–Crippen MR) is 67.0 cm³/mol. The Bertz CT molecular complexity index is 572. The zero-order valence-corrected chi connectivity index (χ0v) is 10.3. The van der Waals surface area contributed by atoms with Gasteiger partial charge in [0.05, 0.1) is 5.56 Å². The maximum atomic E-state index is 13.6. The Morgan fingerprint density at radius 3 is 2.83 bits per heavy atom.